The number of rotatable bonds is 9. The van der Waals surface area contributed by atoms with Crippen LogP contribution in [0.5, 0.6) is 0 Å². The molecule has 0 saturated carbocycles. The molecule has 0 unspecified atom stereocenters. The Balaban J connectivity index is 1.59. The molecule has 1 amide bonds. The molecule has 7 nitrogen and oxygen atoms in total. The second-order valence-electron chi connectivity index (χ2n) is 6.87. The molecule has 0 heterocycles. The molecule has 1 N–H and O–H groups in total. The molecule has 0 radical (unpaired) electrons. The minimum Gasteiger partial charge on any atom is -0.452 e. The number of carbonyl (C=O) groups is 2. The summed E-state index contributed by atoms with van der Waals surface area (Å²) < 4.78 is 32.3. The molecule has 0 bridgehead atoms. The Morgan fingerprint density at radius 1 is 0.875 bits per heavy atom. The van der Waals surface area contributed by atoms with Gasteiger partial charge in [-0.15, -0.1) is 0 Å². The van der Waals surface area contributed by atoms with Crippen LogP contribution in [0, 0.1) is 0 Å². The Labute approximate surface area is 187 Å². The Kier molecular flexibility index (Phi) is 7.62. The second-order valence-corrected chi connectivity index (χ2v) is 8.73. The first-order chi connectivity index (χ1) is 15.4. The van der Waals surface area contributed by atoms with E-state index in [1.165, 1.54) is 28.6 Å². The van der Waals surface area contributed by atoms with Crippen LogP contribution in [-0.4, -0.2) is 33.4 Å². The standard InChI is InChI=1S/C24H24N2O5S/c1-2-26(21-11-7-4-8-12-21)32(29,30)22-15-13-20(14-16-22)24(28)31-18-23(27)25-17-19-9-5-3-6-10-19/h3-16H,2,17-18H2,1H3,(H,25,27). The second kappa shape index (κ2) is 10.6. The van der Waals surface area contributed by atoms with Crippen molar-refractivity contribution in [1.82, 2.24) is 5.32 Å². The predicted molar refractivity (Wildman–Crippen MR) is 122 cm³/mol. The van der Waals surface area contributed by atoms with Gasteiger partial charge in [-0.25, -0.2) is 13.2 Å². The number of anilines is 1. The number of nitrogens with one attached hydrogen (secondary N) is 1. The topological polar surface area (TPSA) is 92.8 Å². The monoisotopic (exact) mass is 452 g/mol. The minimum atomic E-state index is -3.79. The first-order valence-electron chi connectivity index (χ1n) is 10.1. The van der Waals surface area contributed by atoms with Crippen molar-refractivity contribution in [3.8, 4) is 0 Å². The van der Waals surface area contributed by atoms with Crippen LogP contribution in [0.4, 0.5) is 5.69 Å². The van der Waals surface area contributed by atoms with Crippen LogP contribution in [0.15, 0.2) is 89.8 Å². The van der Waals surface area contributed by atoms with Gasteiger partial charge < -0.3 is 10.1 Å². The average Bonchev–Trinajstić information content (AvgIpc) is 2.83. The molecule has 0 aliphatic heterocycles. The molecule has 0 atom stereocenters. The number of nitrogens with zero attached hydrogens (tertiary/aromatic N) is 1. The third-order valence-electron chi connectivity index (χ3n) is 4.68. The average molecular weight is 453 g/mol. The quantitative estimate of drug-likeness (QED) is 0.503. The van der Waals surface area contributed by atoms with E-state index in [0.717, 1.165) is 5.56 Å². The summed E-state index contributed by atoms with van der Waals surface area (Å²) in [6.45, 7) is 1.91. The maximum absolute atomic E-state index is 13.0. The normalized spacial score (nSPS) is 10.9. The molecular formula is C24H24N2O5S. The zero-order valence-electron chi connectivity index (χ0n) is 17.6. The zero-order valence-corrected chi connectivity index (χ0v) is 18.4. The molecule has 3 aromatic rings. The fourth-order valence-corrected chi connectivity index (χ4v) is 4.51. The van der Waals surface area contributed by atoms with E-state index >= 15 is 0 Å². The lowest BCUT2D eigenvalue weighted by Crippen LogP contribution is -2.30. The number of amides is 1. The van der Waals surface area contributed by atoms with Gasteiger partial charge in [0, 0.05) is 13.1 Å². The first-order valence-corrected chi connectivity index (χ1v) is 11.5. The highest BCUT2D eigenvalue weighted by Gasteiger charge is 2.24. The molecular weight excluding hydrogens is 428 g/mol. The number of hydrogen-bond acceptors (Lipinski definition) is 5. The van der Waals surface area contributed by atoms with Gasteiger partial charge in [0.25, 0.3) is 15.9 Å². The van der Waals surface area contributed by atoms with Crippen molar-refractivity contribution in [2.45, 2.75) is 18.4 Å². The lowest BCUT2D eigenvalue weighted by molar-refractivity contribution is -0.124. The lowest BCUT2D eigenvalue weighted by Gasteiger charge is -2.22. The fourth-order valence-electron chi connectivity index (χ4n) is 3.04. The summed E-state index contributed by atoms with van der Waals surface area (Å²) >= 11 is 0. The molecule has 0 aliphatic rings. The van der Waals surface area contributed by atoms with Crippen molar-refractivity contribution in [3.63, 3.8) is 0 Å². The number of hydrogen-bond donors (Lipinski definition) is 1. The Bertz CT molecular complexity index is 1150. The van der Waals surface area contributed by atoms with Crippen LogP contribution in [0.1, 0.15) is 22.8 Å². The van der Waals surface area contributed by atoms with Crippen LogP contribution in [0.25, 0.3) is 0 Å². The van der Waals surface area contributed by atoms with Gasteiger partial charge in [-0.2, -0.15) is 0 Å². The Hall–Kier alpha value is -3.65. The van der Waals surface area contributed by atoms with Crippen molar-refractivity contribution in [2.24, 2.45) is 0 Å². The van der Waals surface area contributed by atoms with Gasteiger partial charge in [-0.1, -0.05) is 48.5 Å². The van der Waals surface area contributed by atoms with E-state index < -0.39 is 28.5 Å². The summed E-state index contributed by atoms with van der Waals surface area (Å²) in [4.78, 5) is 24.2. The number of ether oxygens (including phenoxy) is 1. The zero-order chi connectivity index (χ0) is 23.0. The van der Waals surface area contributed by atoms with E-state index in [1.54, 1.807) is 31.2 Å². The summed E-state index contributed by atoms with van der Waals surface area (Å²) in [5.74, 6) is -1.14. The van der Waals surface area contributed by atoms with Crippen LogP contribution >= 0.6 is 0 Å². The predicted octanol–water partition coefficient (Wildman–Crippen LogP) is 3.38. The summed E-state index contributed by atoms with van der Waals surface area (Å²) in [7, 11) is -3.79. The van der Waals surface area contributed by atoms with Gasteiger partial charge in [0.1, 0.15) is 0 Å². The SMILES string of the molecule is CCN(c1ccccc1)S(=O)(=O)c1ccc(C(=O)OCC(=O)NCc2ccccc2)cc1. The third kappa shape index (κ3) is 5.73. The van der Waals surface area contributed by atoms with Crippen LogP contribution in [0.3, 0.4) is 0 Å². The van der Waals surface area contributed by atoms with Crippen LogP contribution in [0.2, 0.25) is 0 Å². The van der Waals surface area contributed by atoms with Crippen molar-refractivity contribution in [2.75, 3.05) is 17.5 Å². The van der Waals surface area contributed by atoms with E-state index in [4.69, 9.17) is 4.74 Å². The summed E-state index contributed by atoms with van der Waals surface area (Å²) in [5, 5.41) is 2.67. The van der Waals surface area contributed by atoms with Crippen molar-refractivity contribution in [1.29, 1.82) is 0 Å². The van der Waals surface area contributed by atoms with Crippen molar-refractivity contribution < 1.29 is 22.7 Å². The van der Waals surface area contributed by atoms with E-state index in [9.17, 15) is 18.0 Å². The number of benzene rings is 3. The fraction of sp³-hybridized carbons (Fsp3) is 0.167. The molecule has 32 heavy (non-hydrogen) atoms. The van der Waals surface area contributed by atoms with Crippen molar-refractivity contribution >= 4 is 27.6 Å². The number of esters is 1. The van der Waals surface area contributed by atoms with Crippen LogP contribution in [-0.2, 0) is 26.1 Å². The van der Waals surface area contributed by atoms with E-state index in [0.29, 0.717) is 12.2 Å². The maximum Gasteiger partial charge on any atom is 0.338 e. The summed E-state index contributed by atoms with van der Waals surface area (Å²) in [6.07, 6.45) is 0. The summed E-state index contributed by atoms with van der Waals surface area (Å²) in [5.41, 5.74) is 1.64. The largest absolute Gasteiger partial charge is 0.452 e. The van der Waals surface area contributed by atoms with Gasteiger partial charge in [0.2, 0.25) is 0 Å². The molecule has 0 saturated heterocycles. The van der Waals surface area contributed by atoms with Gasteiger partial charge in [0.15, 0.2) is 6.61 Å². The lowest BCUT2D eigenvalue weighted by atomic mass is 10.2. The molecule has 8 heteroatoms. The van der Waals surface area contributed by atoms with Crippen LogP contribution < -0.4 is 9.62 Å². The van der Waals surface area contributed by atoms with Gasteiger partial charge in [-0.05, 0) is 48.9 Å². The molecule has 3 rings (SSSR count). The summed E-state index contributed by atoms with van der Waals surface area (Å²) in [6, 6.07) is 23.6. The third-order valence-corrected chi connectivity index (χ3v) is 6.59. The van der Waals surface area contributed by atoms with E-state index in [2.05, 4.69) is 5.32 Å². The first kappa shape index (κ1) is 23.0. The molecule has 0 spiro atoms. The smallest absolute Gasteiger partial charge is 0.338 e. The van der Waals surface area contributed by atoms with E-state index in [-0.39, 0.29) is 17.0 Å². The highest BCUT2D eigenvalue weighted by Crippen LogP contribution is 2.23. The van der Waals surface area contributed by atoms with Crippen molar-refractivity contribution in [3.05, 3.63) is 96.1 Å². The molecule has 0 aromatic heterocycles. The van der Waals surface area contributed by atoms with Gasteiger partial charge in [0.05, 0.1) is 16.1 Å². The molecule has 3 aromatic carbocycles. The molecule has 166 valence electrons. The number of carbonyl (C=O) groups excluding carboxylic acids is 2. The number of para-hydroxylation sites is 1. The van der Waals surface area contributed by atoms with E-state index in [1.807, 2.05) is 36.4 Å². The maximum atomic E-state index is 13.0. The van der Waals surface area contributed by atoms with Gasteiger partial charge >= 0.3 is 5.97 Å². The highest BCUT2D eigenvalue weighted by molar-refractivity contribution is 7.92. The Morgan fingerprint density at radius 3 is 2.06 bits per heavy atom. The molecule has 0 fully saturated rings. The van der Waals surface area contributed by atoms with Gasteiger partial charge in [-0.3, -0.25) is 9.10 Å². The minimum absolute atomic E-state index is 0.0559. The number of sulfonamides is 1. The highest BCUT2D eigenvalue weighted by atomic mass is 32.2. The Morgan fingerprint density at radius 2 is 1.47 bits per heavy atom. The molecule has 0 aliphatic carbocycles.